The van der Waals surface area contributed by atoms with E-state index in [2.05, 4.69) is 9.39 Å². The number of hydrogen-bond acceptors (Lipinski definition) is 2. The summed E-state index contributed by atoms with van der Waals surface area (Å²) in [4.78, 5) is 10.6. The third-order valence-corrected chi connectivity index (χ3v) is 2.46. The summed E-state index contributed by atoms with van der Waals surface area (Å²) < 4.78 is 1.97. The molecular formula is C6H12NO2P. The average molecular weight is 161 g/mol. The fourth-order valence-electron chi connectivity index (χ4n) is 1.17. The first-order chi connectivity index (χ1) is 4.54. The monoisotopic (exact) mass is 161 g/mol. The molecule has 1 aliphatic heterocycles. The predicted octanol–water partition coefficient (Wildman–Crippen LogP) is 0.573. The summed E-state index contributed by atoms with van der Waals surface area (Å²) in [7, 11) is 2.53. The Bertz CT molecular complexity index is 162. The molecule has 1 heterocycles. The second-order valence-corrected chi connectivity index (χ2v) is 3.82. The molecule has 0 aromatic rings. The third-order valence-electron chi connectivity index (χ3n) is 2.02. The minimum absolute atomic E-state index is 0.512. The minimum Gasteiger partial charge on any atom is -0.481 e. The first-order valence-corrected chi connectivity index (χ1v) is 3.79. The molecule has 1 N–H and O–H groups in total. The van der Waals surface area contributed by atoms with Gasteiger partial charge in [0.25, 0.3) is 0 Å². The van der Waals surface area contributed by atoms with Crippen molar-refractivity contribution in [1.82, 2.24) is 4.67 Å². The lowest BCUT2D eigenvalue weighted by Gasteiger charge is -2.16. The Hall–Kier alpha value is -0.140. The van der Waals surface area contributed by atoms with Gasteiger partial charge in [-0.05, 0) is 13.3 Å². The Balaban J connectivity index is 2.63. The molecule has 10 heavy (non-hydrogen) atoms. The van der Waals surface area contributed by atoms with E-state index in [0.717, 1.165) is 13.0 Å². The summed E-state index contributed by atoms with van der Waals surface area (Å²) in [5, 5.41) is 8.75. The van der Waals surface area contributed by atoms with E-state index in [4.69, 9.17) is 5.11 Å². The fourth-order valence-corrected chi connectivity index (χ4v) is 1.70. The molecule has 0 aromatic carbocycles. The van der Waals surface area contributed by atoms with Crippen LogP contribution < -0.4 is 0 Å². The maximum absolute atomic E-state index is 10.6. The minimum atomic E-state index is -0.683. The number of carbonyl (C=O) groups is 1. The first kappa shape index (κ1) is 7.96. The van der Waals surface area contributed by atoms with E-state index in [-0.39, 0.29) is 0 Å². The van der Waals surface area contributed by atoms with Crippen LogP contribution in [0, 0.1) is 5.41 Å². The van der Waals surface area contributed by atoms with Crippen LogP contribution >= 0.6 is 9.39 Å². The second-order valence-electron chi connectivity index (χ2n) is 3.09. The topological polar surface area (TPSA) is 40.5 Å². The van der Waals surface area contributed by atoms with E-state index < -0.39 is 11.4 Å². The number of aliphatic carboxylic acids is 1. The maximum Gasteiger partial charge on any atom is 0.310 e. The molecule has 0 radical (unpaired) electrons. The summed E-state index contributed by atoms with van der Waals surface area (Å²) in [6, 6.07) is 0. The van der Waals surface area contributed by atoms with Crippen LogP contribution in [0.1, 0.15) is 13.3 Å². The van der Waals surface area contributed by atoms with Gasteiger partial charge < -0.3 is 5.11 Å². The summed E-state index contributed by atoms with van der Waals surface area (Å²) >= 11 is 0. The van der Waals surface area contributed by atoms with Gasteiger partial charge in [0.15, 0.2) is 0 Å². The lowest BCUT2D eigenvalue weighted by atomic mass is 9.90. The molecule has 1 saturated heterocycles. The van der Waals surface area contributed by atoms with Crippen molar-refractivity contribution in [2.24, 2.45) is 5.41 Å². The van der Waals surface area contributed by atoms with Crippen molar-refractivity contribution in [3.05, 3.63) is 0 Å². The normalized spacial score (nSPS) is 34.6. The maximum atomic E-state index is 10.6. The number of carboxylic acids is 1. The molecule has 0 aromatic heterocycles. The van der Waals surface area contributed by atoms with Gasteiger partial charge in [-0.15, -0.1) is 0 Å². The molecule has 1 aliphatic rings. The molecule has 0 bridgehead atoms. The molecule has 3 nitrogen and oxygen atoms in total. The first-order valence-electron chi connectivity index (χ1n) is 3.28. The molecule has 0 spiro atoms. The van der Waals surface area contributed by atoms with Gasteiger partial charge in [-0.2, -0.15) is 0 Å². The second kappa shape index (κ2) is 2.48. The molecule has 58 valence electrons. The van der Waals surface area contributed by atoms with Gasteiger partial charge in [0, 0.05) is 13.1 Å². The van der Waals surface area contributed by atoms with Crippen molar-refractivity contribution >= 4 is 15.4 Å². The molecule has 0 amide bonds. The van der Waals surface area contributed by atoms with E-state index in [1.165, 1.54) is 0 Å². The van der Waals surface area contributed by atoms with Gasteiger partial charge in [0.05, 0.1) is 5.41 Å². The molecule has 2 unspecified atom stereocenters. The molecule has 4 heteroatoms. The van der Waals surface area contributed by atoms with Crippen LogP contribution in [0.15, 0.2) is 0 Å². The van der Waals surface area contributed by atoms with E-state index in [9.17, 15) is 4.79 Å². The molecule has 0 aliphatic carbocycles. The zero-order chi connectivity index (χ0) is 7.78. The summed E-state index contributed by atoms with van der Waals surface area (Å²) in [5.74, 6) is -0.683. The van der Waals surface area contributed by atoms with Crippen molar-refractivity contribution < 1.29 is 9.90 Å². The number of rotatable bonds is 1. The smallest absolute Gasteiger partial charge is 0.310 e. The van der Waals surface area contributed by atoms with Crippen molar-refractivity contribution in [3.63, 3.8) is 0 Å². The van der Waals surface area contributed by atoms with E-state index >= 15 is 0 Å². The zero-order valence-corrected chi connectivity index (χ0v) is 7.16. The highest BCUT2D eigenvalue weighted by atomic mass is 31.0. The van der Waals surface area contributed by atoms with Crippen LogP contribution in [0.2, 0.25) is 0 Å². The van der Waals surface area contributed by atoms with Gasteiger partial charge in [0.1, 0.15) is 0 Å². The van der Waals surface area contributed by atoms with Crippen molar-refractivity contribution in [1.29, 1.82) is 0 Å². The largest absolute Gasteiger partial charge is 0.481 e. The highest BCUT2D eigenvalue weighted by Gasteiger charge is 2.38. The Kier molecular flexibility index (Phi) is 1.97. The van der Waals surface area contributed by atoms with Crippen LogP contribution in [0.5, 0.6) is 0 Å². The van der Waals surface area contributed by atoms with Crippen LogP contribution in [-0.2, 0) is 4.79 Å². The third kappa shape index (κ3) is 1.30. The number of carboxylic acid groups (broad SMARTS) is 1. The van der Waals surface area contributed by atoms with Crippen LogP contribution in [-0.4, -0.2) is 28.8 Å². The Labute approximate surface area is 62.7 Å². The van der Waals surface area contributed by atoms with Gasteiger partial charge in [-0.3, -0.25) is 9.46 Å². The average Bonchev–Trinajstić information content (AvgIpc) is 2.13. The summed E-state index contributed by atoms with van der Waals surface area (Å²) in [5.41, 5.74) is -0.512. The van der Waals surface area contributed by atoms with E-state index in [1.54, 1.807) is 6.92 Å². The molecular weight excluding hydrogens is 149 g/mol. The quantitative estimate of drug-likeness (QED) is 0.571. The van der Waals surface area contributed by atoms with Crippen LogP contribution in [0.25, 0.3) is 0 Å². The Morgan fingerprint density at radius 2 is 2.40 bits per heavy atom. The molecule has 1 fully saturated rings. The SMILES string of the molecule is CC1(C(=O)O)CCN(P)C1. The van der Waals surface area contributed by atoms with Crippen molar-refractivity contribution in [3.8, 4) is 0 Å². The summed E-state index contributed by atoms with van der Waals surface area (Å²) in [6.07, 6.45) is 0.756. The molecule has 0 saturated carbocycles. The van der Waals surface area contributed by atoms with Gasteiger partial charge in [-0.25, -0.2) is 0 Å². The zero-order valence-electron chi connectivity index (χ0n) is 6.00. The van der Waals surface area contributed by atoms with Crippen LogP contribution in [0.3, 0.4) is 0 Å². The Morgan fingerprint density at radius 1 is 1.80 bits per heavy atom. The van der Waals surface area contributed by atoms with Crippen molar-refractivity contribution in [2.45, 2.75) is 13.3 Å². The molecule has 2 atom stereocenters. The lowest BCUT2D eigenvalue weighted by molar-refractivity contribution is -0.146. The number of hydrogen-bond donors (Lipinski definition) is 1. The fraction of sp³-hybridized carbons (Fsp3) is 0.833. The summed E-state index contributed by atoms with van der Waals surface area (Å²) in [6.45, 7) is 3.31. The number of nitrogens with zero attached hydrogens (tertiary/aromatic N) is 1. The predicted molar refractivity (Wildman–Crippen MR) is 41.6 cm³/mol. The van der Waals surface area contributed by atoms with E-state index in [1.807, 2.05) is 4.67 Å². The Morgan fingerprint density at radius 3 is 2.60 bits per heavy atom. The highest BCUT2D eigenvalue weighted by molar-refractivity contribution is 7.13. The lowest BCUT2D eigenvalue weighted by Crippen LogP contribution is -2.28. The van der Waals surface area contributed by atoms with Gasteiger partial charge in [0.2, 0.25) is 0 Å². The highest BCUT2D eigenvalue weighted by Crippen LogP contribution is 2.31. The van der Waals surface area contributed by atoms with Crippen molar-refractivity contribution in [2.75, 3.05) is 13.1 Å². The standard InChI is InChI=1S/C6H12NO2P/c1-6(5(8)9)2-3-7(10)4-6/h2-4,10H2,1H3,(H,8,9). The molecule has 1 rings (SSSR count). The van der Waals surface area contributed by atoms with E-state index in [0.29, 0.717) is 6.54 Å². The van der Waals surface area contributed by atoms with Crippen LogP contribution in [0.4, 0.5) is 0 Å². The van der Waals surface area contributed by atoms with Gasteiger partial charge >= 0.3 is 5.97 Å². The van der Waals surface area contributed by atoms with Gasteiger partial charge in [-0.1, -0.05) is 9.39 Å².